The number of nitriles is 1. The molecule has 0 aliphatic rings. The summed E-state index contributed by atoms with van der Waals surface area (Å²) in [7, 11) is 0. The highest BCUT2D eigenvalue weighted by Gasteiger charge is 2.11. The number of H-pyrrole nitrogens is 1. The quantitative estimate of drug-likeness (QED) is 0.388. The minimum Gasteiger partial charge on any atom is -0.346 e. The van der Waals surface area contributed by atoms with Crippen LogP contribution in [0.25, 0.3) is 21.9 Å². The van der Waals surface area contributed by atoms with Crippen LogP contribution in [0.15, 0.2) is 79.3 Å². The van der Waals surface area contributed by atoms with Crippen molar-refractivity contribution in [3.63, 3.8) is 0 Å². The smallest absolute Gasteiger partial charge is 0.323 e. The topological polar surface area (TPSA) is 98.5 Å². The van der Waals surface area contributed by atoms with Gasteiger partial charge in [-0.15, -0.1) is 0 Å². The van der Waals surface area contributed by atoms with Gasteiger partial charge in [-0.25, -0.2) is 9.78 Å². The minimum atomic E-state index is -0.340. The average Bonchev–Trinajstić information content (AvgIpc) is 3.43. The van der Waals surface area contributed by atoms with E-state index in [2.05, 4.69) is 31.2 Å². The first kappa shape index (κ1) is 18.5. The Morgan fingerprint density at radius 3 is 2.74 bits per heavy atom. The maximum atomic E-state index is 12.5. The van der Waals surface area contributed by atoms with Crippen molar-refractivity contribution >= 4 is 39.3 Å². The lowest BCUT2D eigenvalue weighted by Gasteiger charge is -2.10. The van der Waals surface area contributed by atoms with E-state index in [0.717, 1.165) is 27.6 Å². The first-order valence-electron chi connectivity index (χ1n) is 9.78. The molecule has 0 saturated carbocycles. The predicted octanol–water partition coefficient (Wildman–Crippen LogP) is 5.08. The molecule has 150 valence electrons. The second-order valence-corrected chi connectivity index (χ2v) is 7.16. The van der Waals surface area contributed by atoms with Crippen molar-refractivity contribution in [3.05, 3.63) is 90.4 Å². The molecule has 2 amide bonds. The number of fused-ring (bicyclic) bond motifs is 2. The van der Waals surface area contributed by atoms with Gasteiger partial charge in [0.25, 0.3) is 0 Å². The molecule has 5 aromatic rings. The summed E-state index contributed by atoms with van der Waals surface area (Å²) in [5.74, 6) is 0. The number of hydrogen-bond acceptors (Lipinski definition) is 3. The monoisotopic (exact) mass is 406 g/mol. The SMILES string of the molecule is N#Cc1ccc(NC(=O)Nc2cccc3c2ccn3Cc2ccnc3[nH]ccc23)cc1. The lowest BCUT2D eigenvalue weighted by molar-refractivity contribution is 0.262. The summed E-state index contributed by atoms with van der Waals surface area (Å²) < 4.78 is 2.15. The van der Waals surface area contributed by atoms with Crippen LogP contribution in [0.4, 0.5) is 16.2 Å². The summed E-state index contributed by atoms with van der Waals surface area (Å²) in [6.45, 7) is 0.696. The number of rotatable bonds is 4. The number of carbonyl (C=O) groups is 1. The van der Waals surface area contributed by atoms with Crippen LogP contribution in [0, 0.1) is 11.3 Å². The molecule has 0 unspecified atom stereocenters. The van der Waals surface area contributed by atoms with Crippen molar-refractivity contribution in [1.29, 1.82) is 5.26 Å². The molecule has 0 fully saturated rings. The molecule has 0 spiro atoms. The molecular weight excluding hydrogens is 388 g/mol. The number of hydrogen-bond donors (Lipinski definition) is 3. The Morgan fingerprint density at radius 1 is 1.03 bits per heavy atom. The average molecular weight is 406 g/mol. The molecule has 3 aromatic heterocycles. The minimum absolute atomic E-state index is 0.340. The lowest BCUT2D eigenvalue weighted by atomic mass is 10.2. The summed E-state index contributed by atoms with van der Waals surface area (Å²) in [5, 5.41) is 16.7. The first-order chi connectivity index (χ1) is 15.2. The molecule has 7 heteroatoms. The number of aromatic nitrogens is 3. The van der Waals surface area contributed by atoms with Gasteiger partial charge < -0.3 is 20.2 Å². The van der Waals surface area contributed by atoms with Gasteiger partial charge in [-0.05, 0) is 60.2 Å². The van der Waals surface area contributed by atoms with E-state index in [1.54, 1.807) is 30.5 Å². The number of amides is 2. The number of urea groups is 1. The third-order valence-corrected chi connectivity index (χ3v) is 5.22. The third kappa shape index (κ3) is 3.58. The summed E-state index contributed by atoms with van der Waals surface area (Å²) in [6.07, 6.45) is 5.72. The van der Waals surface area contributed by atoms with Gasteiger partial charge in [-0.2, -0.15) is 5.26 Å². The number of nitrogens with one attached hydrogen (secondary N) is 3. The normalized spacial score (nSPS) is 10.8. The zero-order valence-electron chi connectivity index (χ0n) is 16.5. The number of carbonyl (C=O) groups excluding carboxylic acids is 1. The fourth-order valence-electron chi connectivity index (χ4n) is 3.72. The summed E-state index contributed by atoms with van der Waals surface area (Å²) in [6, 6.07) is 20.3. The van der Waals surface area contributed by atoms with Gasteiger partial charge in [-0.1, -0.05) is 6.07 Å². The van der Waals surface area contributed by atoms with Crippen LogP contribution >= 0.6 is 0 Å². The van der Waals surface area contributed by atoms with E-state index in [1.165, 1.54) is 5.56 Å². The Morgan fingerprint density at radius 2 is 1.90 bits per heavy atom. The van der Waals surface area contributed by atoms with Crippen molar-refractivity contribution < 1.29 is 4.79 Å². The highest BCUT2D eigenvalue weighted by atomic mass is 16.2. The number of benzene rings is 2. The van der Waals surface area contributed by atoms with Gasteiger partial charge >= 0.3 is 6.03 Å². The van der Waals surface area contributed by atoms with Gasteiger partial charge in [0, 0.05) is 41.6 Å². The van der Waals surface area contributed by atoms with E-state index in [-0.39, 0.29) is 6.03 Å². The van der Waals surface area contributed by atoms with Crippen molar-refractivity contribution in [3.8, 4) is 6.07 Å². The first-order valence-corrected chi connectivity index (χ1v) is 9.78. The maximum absolute atomic E-state index is 12.5. The molecule has 0 bridgehead atoms. The van der Waals surface area contributed by atoms with Gasteiger partial charge in [0.2, 0.25) is 0 Å². The van der Waals surface area contributed by atoms with E-state index in [9.17, 15) is 4.79 Å². The molecule has 0 atom stereocenters. The lowest BCUT2D eigenvalue weighted by Crippen LogP contribution is -2.19. The fourth-order valence-corrected chi connectivity index (χ4v) is 3.72. The van der Waals surface area contributed by atoms with Crippen molar-refractivity contribution in [1.82, 2.24) is 14.5 Å². The van der Waals surface area contributed by atoms with Crippen molar-refractivity contribution in [2.75, 3.05) is 10.6 Å². The summed E-state index contributed by atoms with van der Waals surface area (Å²) in [4.78, 5) is 20.0. The fraction of sp³-hybridized carbons (Fsp3) is 0.0417. The Labute approximate surface area is 178 Å². The molecule has 0 aliphatic carbocycles. The number of nitrogens with zero attached hydrogens (tertiary/aromatic N) is 3. The standard InChI is InChI=1S/C24H18N6O/c25-14-16-4-6-18(7-5-16)28-24(31)29-21-2-1-3-22-20(21)10-13-30(22)15-17-8-11-26-23-19(17)9-12-27-23/h1-13H,15H2,(H,26,27)(H2,28,29,31). The Kier molecular flexibility index (Phi) is 4.58. The van der Waals surface area contributed by atoms with E-state index < -0.39 is 0 Å². The number of pyridine rings is 1. The van der Waals surface area contributed by atoms with Crippen LogP contribution in [0.3, 0.4) is 0 Å². The maximum Gasteiger partial charge on any atom is 0.323 e. The highest BCUT2D eigenvalue weighted by molar-refractivity contribution is 6.05. The Hall–Kier alpha value is -4.57. The van der Waals surface area contributed by atoms with Gasteiger partial charge in [0.15, 0.2) is 0 Å². The molecule has 0 saturated heterocycles. The van der Waals surface area contributed by atoms with E-state index in [0.29, 0.717) is 17.8 Å². The molecule has 3 N–H and O–H groups in total. The van der Waals surface area contributed by atoms with Gasteiger partial charge in [-0.3, -0.25) is 0 Å². The van der Waals surface area contributed by atoms with Crippen LogP contribution in [0.5, 0.6) is 0 Å². The summed E-state index contributed by atoms with van der Waals surface area (Å²) in [5.41, 5.74) is 4.95. The van der Waals surface area contributed by atoms with E-state index in [4.69, 9.17) is 5.26 Å². The molecule has 0 radical (unpaired) electrons. The zero-order chi connectivity index (χ0) is 21.2. The third-order valence-electron chi connectivity index (χ3n) is 5.22. The largest absolute Gasteiger partial charge is 0.346 e. The zero-order valence-corrected chi connectivity index (χ0v) is 16.5. The Bertz CT molecular complexity index is 1440. The second kappa shape index (κ2) is 7.69. The van der Waals surface area contributed by atoms with Crippen molar-refractivity contribution in [2.24, 2.45) is 0 Å². The van der Waals surface area contributed by atoms with Crippen LogP contribution in [-0.2, 0) is 6.54 Å². The molecule has 7 nitrogen and oxygen atoms in total. The van der Waals surface area contributed by atoms with Crippen LogP contribution in [0.1, 0.15) is 11.1 Å². The predicted molar refractivity (Wildman–Crippen MR) is 121 cm³/mol. The van der Waals surface area contributed by atoms with Gasteiger partial charge in [0.1, 0.15) is 5.65 Å². The van der Waals surface area contributed by atoms with Crippen LogP contribution in [0.2, 0.25) is 0 Å². The molecular formula is C24H18N6O. The molecule has 31 heavy (non-hydrogen) atoms. The highest BCUT2D eigenvalue weighted by Crippen LogP contribution is 2.26. The molecule has 2 aromatic carbocycles. The number of anilines is 2. The van der Waals surface area contributed by atoms with Gasteiger partial charge in [0.05, 0.1) is 22.8 Å². The second-order valence-electron chi connectivity index (χ2n) is 7.16. The van der Waals surface area contributed by atoms with Crippen molar-refractivity contribution in [2.45, 2.75) is 6.54 Å². The molecule has 3 heterocycles. The van der Waals surface area contributed by atoms with Crippen LogP contribution in [-0.4, -0.2) is 20.6 Å². The van der Waals surface area contributed by atoms with E-state index in [1.807, 2.05) is 48.8 Å². The molecule has 5 rings (SSSR count). The molecule has 0 aliphatic heterocycles. The Balaban J connectivity index is 1.38. The number of aromatic amines is 1. The summed E-state index contributed by atoms with van der Waals surface area (Å²) >= 11 is 0. The van der Waals surface area contributed by atoms with Crippen LogP contribution < -0.4 is 10.6 Å². The van der Waals surface area contributed by atoms with E-state index >= 15 is 0 Å².